The minimum absolute atomic E-state index is 0.114. The first-order chi connectivity index (χ1) is 24.4. The Balaban J connectivity index is 1.44. The van der Waals surface area contributed by atoms with Gasteiger partial charge >= 0.3 is 0 Å². The predicted molar refractivity (Wildman–Crippen MR) is 178 cm³/mol. The molecule has 17 heteroatoms. The molecule has 1 N–H and O–H groups in total. The normalized spacial score (nSPS) is 28.2. The SMILES string of the molecule is COc1cc(Br)cc([C@H]2C3=CC[C@@H]4C(=O)N(c5ccc(C(C)=O)cc5)C(=O)[C@@H]4[C@@H]3C[C@@]3(Cl)C(=O)N(c4c(F)c(F)c(F)c(F)c4F)C(=O)[C@@]23Cl)c1O. The molecule has 2 saturated heterocycles. The Hall–Kier alpha value is -4.34. The zero-order valence-electron chi connectivity index (χ0n) is 26.6. The first kappa shape index (κ1) is 36.0. The third-order valence-corrected chi connectivity index (χ3v) is 12.2. The summed E-state index contributed by atoms with van der Waals surface area (Å²) in [5.41, 5.74) is -1.55. The van der Waals surface area contributed by atoms with E-state index in [-0.39, 0.29) is 44.2 Å². The van der Waals surface area contributed by atoms with Crippen molar-refractivity contribution in [1.82, 2.24) is 0 Å². The average molecular weight is 828 g/mol. The quantitative estimate of drug-likeness (QED) is 0.0570. The van der Waals surface area contributed by atoms with Crippen LogP contribution < -0.4 is 14.5 Å². The van der Waals surface area contributed by atoms with Gasteiger partial charge in [0.05, 0.1) is 24.6 Å². The zero-order chi connectivity index (χ0) is 37.9. The van der Waals surface area contributed by atoms with E-state index in [2.05, 4.69) is 15.9 Å². The topological polar surface area (TPSA) is 121 Å². The highest BCUT2D eigenvalue weighted by atomic mass is 79.9. The molecule has 3 aromatic rings. The van der Waals surface area contributed by atoms with Gasteiger partial charge in [-0.05, 0) is 62.1 Å². The number of ketones is 1. The number of ether oxygens (including phenoxy) is 1. The zero-order valence-corrected chi connectivity index (χ0v) is 29.7. The van der Waals surface area contributed by atoms with Crippen molar-refractivity contribution in [2.75, 3.05) is 16.9 Å². The molecule has 1 saturated carbocycles. The number of hydrogen-bond acceptors (Lipinski definition) is 7. The Morgan fingerprint density at radius 2 is 1.48 bits per heavy atom. The molecule has 3 aromatic carbocycles. The summed E-state index contributed by atoms with van der Waals surface area (Å²) in [5, 5.41) is 11.4. The van der Waals surface area contributed by atoms with Gasteiger partial charge < -0.3 is 9.84 Å². The molecule has 7 rings (SSSR count). The van der Waals surface area contributed by atoms with E-state index in [1.807, 2.05) is 0 Å². The van der Waals surface area contributed by atoms with Gasteiger partial charge in [0.1, 0.15) is 5.69 Å². The fourth-order valence-electron chi connectivity index (χ4n) is 7.98. The molecule has 4 aliphatic rings. The molecule has 4 amide bonds. The fourth-order valence-corrected chi connectivity index (χ4v) is 9.36. The molecule has 9 nitrogen and oxygen atoms in total. The van der Waals surface area contributed by atoms with Gasteiger partial charge in [0, 0.05) is 21.5 Å². The highest BCUT2D eigenvalue weighted by Crippen LogP contribution is 2.67. The number of rotatable bonds is 5. The molecule has 6 atom stereocenters. The number of benzene rings is 3. The molecular formula is C35H22BrCl2F5N2O7. The Morgan fingerprint density at radius 3 is 2.06 bits per heavy atom. The predicted octanol–water partition coefficient (Wildman–Crippen LogP) is 6.83. The lowest BCUT2D eigenvalue weighted by atomic mass is 9.56. The van der Waals surface area contributed by atoms with Gasteiger partial charge in [-0.25, -0.2) is 26.9 Å². The number of fused-ring (bicyclic) bond motifs is 4. The number of imide groups is 2. The molecule has 2 aliphatic heterocycles. The van der Waals surface area contributed by atoms with E-state index >= 15 is 8.78 Å². The maximum absolute atomic E-state index is 15.3. The molecule has 3 fully saturated rings. The van der Waals surface area contributed by atoms with E-state index in [1.165, 1.54) is 56.5 Å². The third kappa shape index (κ3) is 4.60. The summed E-state index contributed by atoms with van der Waals surface area (Å²) >= 11 is 17.5. The van der Waals surface area contributed by atoms with E-state index in [9.17, 15) is 42.3 Å². The number of anilines is 2. The monoisotopic (exact) mass is 826 g/mol. The first-order valence-electron chi connectivity index (χ1n) is 15.5. The van der Waals surface area contributed by atoms with E-state index in [4.69, 9.17) is 27.9 Å². The second kappa shape index (κ2) is 12.1. The summed E-state index contributed by atoms with van der Waals surface area (Å²) in [7, 11) is 1.21. The van der Waals surface area contributed by atoms with Gasteiger partial charge in [-0.1, -0.05) is 27.6 Å². The summed E-state index contributed by atoms with van der Waals surface area (Å²) < 4.78 is 79.1. The lowest BCUT2D eigenvalue weighted by molar-refractivity contribution is -0.125. The van der Waals surface area contributed by atoms with Gasteiger partial charge in [0.25, 0.3) is 11.8 Å². The highest BCUT2D eigenvalue weighted by molar-refractivity contribution is 9.10. The number of methoxy groups -OCH3 is 1. The number of hydrogen-bond donors (Lipinski definition) is 1. The lowest BCUT2D eigenvalue weighted by Gasteiger charge is -2.50. The number of halogens is 8. The number of Topliss-reactive ketones (excluding diaryl/α,β-unsaturated/α-hetero) is 1. The molecule has 52 heavy (non-hydrogen) atoms. The standard InChI is InChI=1S/C35H22BrCl2F5N2O7/c1-12(46)13-3-5-15(6-4-13)44-30(48)17-8-7-16-19(21(17)31(44)49)11-34(37)32(50)45(28-26(42)24(40)23(39)25(41)27(28)43)33(51)35(34,38)22(16)18-9-14(36)10-20(52-2)29(18)47/h3-7,9-10,17,19,21-22,47H,8,11H2,1-2H3/t17-,19+,21-,22+,34+,35-/m0/s1. The molecular weight excluding hydrogens is 806 g/mol. The second-order valence-corrected chi connectivity index (χ2v) is 15.0. The van der Waals surface area contributed by atoms with Crippen molar-refractivity contribution in [1.29, 1.82) is 0 Å². The van der Waals surface area contributed by atoms with Gasteiger partial charge in [-0.3, -0.25) is 28.9 Å². The van der Waals surface area contributed by atoms with E-state index in [1.54, 1.807) is 0 Å². The fraction of sp³-hybridized carbons (Fsp3) is 0.286. The van der Waals surface area contributed by atoms with Gasteiger partial charge in [-0.15, -0.1) is 23.2 Å². The summed E-state index contributed by atoms with van der Waals surface area (Å²) in [5.74, 6) is -23.5. The summed E-state index contributed by atoms with van der Waals surface area (Å²) in [4.78, 5) is 63.8. The molecule has 0 aromatic heterocycles. The molecule has 270 valence electrons. The van der Waals surface area contributed by atoms with Crippen molar-refractivity contribution in [3.63, 3.8) is 0 Å². The van der Waals surface area contributed by atoms with Crippen LogP contribution in [-0.4, -0.2) is 51.4 Å². The minimum Gasteiger partial charge on any atom is -0.504 e. The Morgan fingerprint density at radius 1 is 0.885 bits per heavy atom. The van der Waals surface area contributed by atoms with Crippen molar-refractivity contribution >= 4 is 79.9 Å². The van der Waals surface area contributed by atoms with Crippen LogP contribution in [0.25, 0.3) is 0 Å². The van der Waals surface area contributed by atoms with E-state index < -0.39 is 104 Å². The lowest BCUT2D eigenvalue weighted by Crippen LogP contribution is -2.60. The van der Waals surface area contributed by atoms with Gasteiger partial charge in [-0.2, -0.15) is 0 Å². The van der Waals surface area contributed by atoms with Crippen LogP contribution in [0.3, 0.4) is 0 Å². The number of allylic oxidation sites excluding steroid dienone is 2. The van der Waals surface area contributed by atoms with Crippen LogP contribution in [0.2, 0.25) is 0 Å². The van der Waals surface area contributed by atoms with Crippen LogP contribution in [0.5, 0.6) is 11.5 Å². The highest BCUT2D eigenvalue weighted by Gasteiger charge is 2.77. The number of amides is 4. The van der Waals surface area contributed by atoms with Crippen LogP contribution >= 0.6 is 39.1 Å². The van der Waals surface area contributed by atoms with Crippen molar-refractivity contribution < 1.29 is 55.8 Å². The first-order valence-corrected chi connectivity index (χ1v) is 17.0. The second-order valence-electron chi connectivity index (χ2n) is 12.9. The average Bonchev–Trinajstić information content (AvgIpc) is 3.45. The third-order valence-electron chi connectivity index (χ3n) is 10.4. The number of alkyl halides is 2. The Kier molecular flexibility index (Phi) is 8.39. The summed E-state index contributed by atoms with van der Waals surface area (Å²) in [6.45, 7) is 1.34. The molecule has 0 radical (unpaired) electrons. The van der Waals surface area contributed by atoms with E-state index in [0.717, 1.165) is 4.90 Å². The van der Waals surface area contributed by atoms with Crippen LogP contribution in [0.4, 0.5) is 33.3 Å². The number of carbonyl (C=O) groups is 5. The number of carbonyl (C=O) groups excluding carboxylic acids is 5. The number of nitrogens with zero attached hydrogens (tertiary/aromatic N) is 2. The van der Waals surface area contributed by atoms with Crippen molar-refractivity contribution in [3.8, 4) is 11.5 Å². The maximum Gasteiger partial charge on any atom is 0.258 e. The minimum atomic E-state index is -2.84. The Labute approximate surface area is 309 Å². The molecule has 0 spiro atoms. The Bertz CT molecular complexity index is 2190. The smallest absolute Gasteiger partial charge is 0.258 e. The van der Waals surface area contributed by atoms with Gasteiger partial charge in [0.2, 0.25) is 17.6 Å². The van der Waals surface area contributed by atoms with Crippen LogP contribution in [0.1, 0.15) is 41.6 Å². The maximum atomic E-state index is 15.3. The van der Waals surface area contributed by atoms with Crippen molar-refractivity contribution in [3.05, 3.63) is 92.7 Å². The van der Waals surface area contributed by atoms with Crippen LogP contribution in [0, 0.1) is 46.8 Å². The molecule has 2 aliphatic carbocycles. The van der Waals surface area contributed by atoms with Crippen LogP contribution in [0.15, 0.2) is 52.5 Å². The number of phenols is 1. The van der Waals surface area contributed by atoms with Crippen molar-refractivity contribution in [2.45, 2.75) is 35.4 Å². The van der Waals surface area contributed by atoms with Crippen LogP contribution in [-0.2, 0) is 19.2 Å². The molecule has 0 bridgehead atoms. The summed E-state index contributed by atoms with van der Waals surface area (Å²) in [6.07, 6.45) is 0.660. The van der Waals surface area contributed by atoms with Gasteiger partial charge in [0.15, 0.2) is 50.3 Å². The van der Waals surface area contributed by atoms with E-state index in [0.29, 0.717) is 5.56 Å². The number of phenolic OH excluding ortho intramolecular Hbond substituents is 1. The number of aromatic hydroxyl groups is 1. The molecule has 0 unspecified atom stereocenters. The van der Waals surface area contributed by atoms with Crippen molar-refractivity contribution in [2.24, 2.45) is 17.8 Å². The largest absolute Gasteiger partial charge is 0.504 e. The molecule has 2 heterocycles. The summed E-state index contributed by atoms with van der Waals surface area (Å²) in [6, 6.07) is 8.30.